The Balaban J connectivity index is 1.92. The minimum Gasteiger partial charge on any atom is -0.507 e. The van der Waals surface area contributed by atoms with E-state index < -0.39 is 5.91 Å². The largest absolute Gasteiger partial charge is 0.507 e. The third kappa shape index (κ3) is 3.03. The predicted octanol–water partition coefficient (Wildman–Crippen LogP) is 4.38. The number of rotatable bonds is 3. The molecular weight excluding hydrogens is 320 g/mol. The molecule has 0 fully saturated rings. The second-order valence-corrected chi connectivity index (χ2v) is 7.11. The summed E-state index contributed by atoms with van der Waals surface area (Å²) in [5.41, 5.74) is 4.57. The highest BCUT2D eigenvalue weighted by atomic mass is 32.1. The summed E-state index contributed by atoms with van der Waals surface area (Å²) in [6.07, 6.45) is 0. The molecule has 1 aromatic heterocycles. The molecule has 122 valence electrons. The van der Waals surface area contributed by atoms with E-state index in [0.29, 0.717) is 5.39 Å². The zero-order chi connectivity index (χ0) is 17.3. The number of nitrogens with zero attached hydrogens (tertiary/aromatic N) is 1. The van der Waals surface area contributed by atoms with Crippen molar-refractivity contribution in [1.82, 2.24) is 5.43 Å². The number of thiophene rings is 1. The molecule has 3 aromatic rings. The lowest BCUT2D eigenvalue weighted by atomic mass is 10.0. The van der Waals surface area contributed by atoms with Gasteiger partial charge in [0.25, 0.3) is 5.91 Å². The molecule has 5 heteroatoms. The van der Waals surface area contributed by atoms with Crippen LogP contribution >= 0.6 is 11.3 Å². The minimum atomic E-state index is -0.423. The zero-order valence-electron chi connectivity index (χ0n) is 13.8. The summed E-state index contributed by atoms with van der Waals surface area (Å²) in [5, 5.41) is 15.9. The standard InChI is InChI=1S/C19H18N2O2S/c1-11-10-16(13(3)24-11)12(2)20-21-19(23)18-15-7-5-4-6-14(15)8-9-17(18)22/h4-10,22H,1-3H3,(H,21,23)/b20-12-. The summed E-state index contributed by atoms with van der Waals surface area (Å²) < 4.78 is 0. The number of fused-ring (bicyclic) bond motifs is 1. The summed E-state index contributed by atoms with van der Waals surface area (Å²) in [6.45, 7) is 5.93. The van der Waals surface area contributed by atoms with Crippen molar-refractivity contribution in [3.63, 3.8) is 0 Å². The smallest absolute Gasteiger partial charge is 0.275 e. The van der Waals surface area contributed by atoms with Gasteiger partial charge >= 0.3 is 0 Å². The first-order valence-electron chi connectivity index (χ1n) is 7.60. The fourth-order valence-corrected chi connectivity index (χ4v) is 3.72. The van der Waals surface area contributed by atoms with Crippen molar-refractivity contribution in [1.29, 1.82) is 0 Å². The van der Waals surface area contributed by atoms with Gasteiger partial charge in [-0.2, -0.15) is 5.10 Å². The van der Waals surface area contributed by atoms with Gasteiger partial charge in [-0.3, -0.25) is 4.79 Å². The molecule has 0 saturated heterocycles. The van der Waals surface area contributed by atoms with E-state index in [1.54, 1.807) is 17.4 Å². The van der Waals surface area contributed by atoms with Gasteiger partial charge < -0.3 is 5.11 Å². The molecule has 2 aromatic carbocycles. The first-order chi connectivity index (χ1) is 11.5. The molecular formula is C19H18N2O2S. The highest BCUT2D eigenvalue weighted by molar-refractivity contribution is 7.12. The lowest BCUT2D eigenvalue weighted by Crippen LogP contribution is -2.20. The number of amides is 1. The number of carbonyl (C=O) groups is 1. The molecule has 2 N–H and O–H groups in total. The third-order valence-corrected chi connectivity index (χ3v) is 4.86. The van der Waals surface area contributed by atoms with Crippen molar-refractivity contribution in [3.8, 4) is 5.75 Å². The van der Waals surface area contributed by atoms with Crippen LogP contribution in [0, 0.1) is 13.8 Å². The summed E-state index contributed by atoms with van der Waals surface area (Å²) in [7, 11) is 0. The second kappa shape index (κ2) is 6.45. The van der Waals surface area contributed by atoms with Crippen LogP contribution in [0.3, 0.4) is 0 Å². The van der Waals surface area contributed by atoms with Crippen molar-refractivity contribution in [2.75, 3.05) is 0 Å². The van der Waals surface area contributed by atoms with E-state index in [-0.39, 0.29) is 11.3 Å². The van der Waals surface area contributed by atoms with Crippen LogP contribution in [-0.2, 0) is 0 Å². The van der Waals surface area contributed by atoms with Gasteiger partial charge in [0, 0.05) is 15.3 Å². The average Bonchev–Trinajstić information content (AvgIpc) is 2.90. The lowest BCUT2D eigenvalue weighted by molar-refractivity contribution is 0.0954. The fraction of sp³-hybridized carbons (Fsp3) is 0.158. The normalized spacial score (nSPS) is 11.7. The van der Waals surface area contributed by atoms with Crippen molar-refractivity contribution < 1.29 is 9.90 Å². The number of benzene rings is 2. The molecule has 0 unspecified atom stereocenters. The maximum Gasteiger partial charge on any atom is 0.275 e. The number of hydrogen-bond donors (Lipinski definition) is 2. The van der Waals surface area contributed by atoms with Gasteiger partial charge in [-0.1, -0.05) is 30.3 Å². The molecule has 1 amide bonds. The van der Waals surface area contributed by atoms with Crippen LogP contribution in [0.5, 0.6) is 5.75 Å². The van der Waals surface area contributed by atoms with Crippen LogP contribution in [0.1, 0.15) is 32.6 Å². The van der Waals surface area contributed by atoms with Crippen molar-refractivity contribution in [2.24, 2.45) is 5.10 Å². The fourth-order valence-electron chi connectivity index (χ4n) is 2.74. The van der Waals surface area contributed by atoms with Gasteiger partial charge in [-0.15, -0.1) is 11.3 Å². The first-order valence-corrected chi connectivity index (χ1v) is 8.42. The van der Waals surface area contributed by atoms with Gasteiger partial charge in [0.1, 0.15) is 5.75 Å². The van der Waals surface area contributed by atoms with E-state index in [2.05, 4.69) is 16.6 Å². The second-order valence-electron chi connectivity index (χ2n) is 5.65. The van der Waals surface area contributed by atoms with Gasteiger partial charge in [0.05, 0.1) is 11.3 Å². The van der Waals surface area contributed by atoms with E-state index in [9.17, 15) is 9.90 Å². The van der Waals surface area contributed by atoms with Crippen molar-refractivity contribution in [3.05, 3.63) is 63.3 Å². The van der Waals surface area contributed by atoms with E-state index in [0.717, 1.165) is 21.5 Å². The van der Waals surface area contributed by atoms with Crippen molar-refractivity contribution in [2.45, 2.75) is 20.8 Å². The number of phenolic OH excluding ortho intramolecular Hbond substituents is 1. The summed E-state index contributed by atoms with van der Waals surface area (Å²) in [4.78, 5) is 14.9. The van der Waals surface area contributed by atoms with Crippen LogP contribution in [0.2, 0.25) is 0 Å². The topological polar surface area (TPSA) is 61.7 Å². The first kappa shape index (κ1) is 16.2. The van der Waals surface area contributed by atoms with Crippen LogP contribution < -0.4 is 5.43 Å². The van der Waals surface area contributed by atoms with Gasteiger partial charge in [-0.05, 0) is 43.7 Å². The number of hydrazone groups is 1. The monoisotopic (exact) mass is 338 g/mol. The minimum absolute atomic E-state index is 0.0541. The molecule has 0 atom stereocenters. The Morgan fingerprint density at radius 1 is 1.17 bits per heavy atom. The van der Waals surface area contributed by atoms with Gasteiger partial charge in [0.15, 0.2) is 0 Å². The maximum absolute atomic E-state index is 12.5. The highest BCUT2D eigenvalue weighted by Crippen LogP contribution is 2.27. The Morgan fingerprint density at radius 2 is 1.92 bits per heavy atom. The molecule has 0 aliphatic rings. The SMILES string of the molecule is C/C(=N/NC(=O)c1c(O)ccc2ccccc12)c1cc(C)sc1C. The molecule has 4 nitrogen and oxygen atoms in total. The van der Waals surface area contributed by atoms with Crippen molar-refractivity contribution >= 4 is 33.7 Å². The molecule has 0 spiro atoms. The Hall–Kier alpha value is -2.66. The number of hydrogen-bond acceptors (Lipinski definition) is 4. The molecule has 1 heterocycles. The third-order valence-electron chi connectivity index (χ3n) is 3.89. The molecule has 0 aliphatic heterocycles. The van der Waals surface area contributed by atoms with E-state index in [1.807, 2.05) is 45.0 Å². The maximum atomic E-state index is 12.5. The van der Waals surface area contributed by atoms with Crippen LogP contribution in [0.25, 0.3) is 10.8 Å². The summed E-state index contributed by atoms with van der Waals surface area (Å²) in [6, 6.07) is 12.8. The molecule has 0 bridgehead atoms. The van der Waals surface area contributed by atoms with Crippen LogP contribution in [0.15, 0.2) is 47.6 Å². The number of carbonyl (C=O) groups excluding carboxylic acids is 1. The number of aromatic hydroxyl groups is 1. The lowest BCUT2D eigenvalue weighted by Gasteiger charge is -2.08. The summed E-state index contributed by atoms with van der Waals surface area (Å²) in [5.74, 6) is -0.477. The molecule has 24 heavy (non-hydrogen) atoms. The summed E-state index contributed by atoms with van der Waals surface area (Å²) >= 11 is 1.70. The Morgan fingerprint density at radius 3 is 2.62 bits per heavy atom. The van der Waals surface area contributed by atoms with Gasteiger partial charge in [0.2, 0.25) is 0 Å². The Bertz CT molecular complexity index is 957. The number of nitrogens with one attached hydrogen (secondary N) is 1. The van der Waals surface area contributed by atoms with Gasteiger partial charge in [-0.25, -0.2) is 5.43 Å². The Kier molecular flexibility index (Phi) is 4.36. The quantitative estimate of drug-likeness (QED) is 0.550. The van der Waals surface area contributed by atoms with E-state index in [1.165, 1.54) is 10.9 Å². The molecule has 3 rings (SSSR count). The number of phenols is 1. The van der Waals surface area contributed by atoms with Crippen LogP contribution in [-0.4, -0.2) is 16.7 Å². The Labute approximate surface area is 144 Å². The van der Waals surface area contributed by atoms with E-state index >= 15 is 0 Å². The van der Waals surface area contributed by atoms with E-state index in [4.69, 9.17) is 0 Å². The molecule has 0 radical (unpaired) electrons. The number of aryl methyl sites for hydroxylation is 2. The molecule has 0 aliphatic carbocycles. The zero-order valence-corrected chi connectivity index (χ0v) is 14.6. The molecule has 0 saturated carbocycles. The highest BCUT2D eigenvalue weighted by Gasteiger charge is 2.15. The predicted molar refractivity (Wildman–Crippen MR) is 99.1 cm³/mol. The average molecular weight is 338 g/mol. The van der Waals surface area contributed by atoms with Crippen LogP contribution in [0.4, 0.5) is 0 Å².